The average Bonchev–Trinajstić information content (AvgIpc) is 2.47. The highest BCUT2D eigenvalue weighted by molar-refractivity contribution is 6.41. The highest BCUT2D eigenvalue weighted by atomic mass is 35.5. The zero-order valence-corrected chi connectivity index (χ0v) is 12.9. The molecule has 0 fully saturated rings. The molecule has 0 radical (unpaired) electrons. The van der Waals surface area contributed by atoms with Gasteiger partial charge >= 0.3 is 0 Å². The Balaban J connectivity index is 1.91. The maximum absolute atomic E-state index is 5.95. The number of aromatic nitrogens is 1. The highest BCUT2D eigenvalue weighted by Crippen LogP contribution is 2.21. The summed E-state index contributed by atoms with van der Waals surface area (Å²) in [5, 5.41) is 0.861. The van der Waals surface area contributed by atoms with Gasteiger partial charge in [-0.1, -0.05) is 42.3 Å². The van der Waals surface area contributed by atoms with E-state index in [1.54, 1.807) is 6.20 Å². The third-order valence-electron chi connectivity index (χ3n) is 2.95. The number of pyridine rings is 1. The Labute approximate surface area is 129 Å². The Morgan fingerprint density at radius 2 is 1.75 bits per heavy atom. The summed E-state index contributed by atoms with van der Waals surface area (Å²) in [6.07, 6.45) is 4.62. The quantitative estimate of drug-likeness (QED) is 0.703. The number of halogens is 2. The zero-order chi connectivity index (χ0) is 14.4. The smallest absolute Gasteiger partial charge is 0.147 e. The summed E-state index contributed by atoms with van der Waals surface area (Å²) in [7, 11) is 0. The number of rotatable bonds is 6. The predicted molar refractivity (Wildman–Crippen MR) is 83.9 cm³/mol. The van der Waals surface area contributed by atoms with E-state index in [0.29, 0.717) is 10.2 Å². The van der Waals surface area contributed by atoms with E-state index in [0.717, 1.165) is 37.2 Å². The first-order valence-corrected chi connectivity index (χ1v) is 7.46. The summed E-state index contributed by atoms with van der Waals surface area (Å²) in [6.45, 7) is 2.86. The molecule has 0 atom stereocenters. The third-order valence-corrected chi connectivity index (χ3v) is 3.64. The molecule has 0 saturated carbocycles. The monoisotopic (exact) mass is 309 g/mol. The van der Waals surface area contributed by atoms with Gasteiger partial charge in [-0.15, -0.1) is 0 Å². The second-order valence-electron chi connectivity index (χ2n) is 4.61. The van der Waals surface area contributed by atoms with E-state index in [1.807, 2.05) is 18.2 Å². The van der Waals surface area contributed by atoms with Crippen LogP contribution in [0.4, 0.5) is 0 Å². The molecule has 1 heterocycles. The van der Waals surface area contributed by atoms with Gasteiger partial charge in [-0.2, -0.15) is 0 Å². The van der Waals surface area contributed by atoms with Crippen molar-refractivity contribution in [3.63, 3.8) is 0 Å². The van der Waals surface area contributed by atoms with E-state index < -0.39 is 0 Å². The number of nitrogens with zero attached hydrogens (tertiary/aromatic N) is 1. The maximum Gasteiger partial charge on any atom is 0.147 e. The second kappa shape index (κ2) is 7.51. The molecule has 0 unspecified atom stereocenters. The molecule has 0 bridgehead atoms. The van der Waals surface area contributed by atoms with E-state index in [2.05, 4.69) is 24.0 Å². The molecule has 4 heteroatoms. The van der Waals surface area contributed by atoms with Crippen LogP contribution in [0.3, 0.4) is 0 Å². The molecule has 0 saturated heterocycles. The first-order chi connectivity index (χ1) is 9.69. The average molecular weight is 310 g/mol. The van der Waals surface area contributed by atoms with Gasteiger partial charge in [-0.3, -0.25) is 0 Å². The standard InChI is InChI=1S/C16H17Cl2NO/c1-2-9-20-14-7-5-12(6-8-14)3-4-13-10-15(17)16(18)19-11-13/h5-8,10-11H,2-4,9H2,1H3. The molecule has 2 aromatic rings. The van der Waals surface area contributed by atoms with Crippen LogP contribution in [0.2, 0.25) is 10.2 Å². The molecular weight excluding hydrogens is 293 g/mol. The van der Waals surface area contributed by atoms with E-state index >= 15 is 0 Å². The number of hydrogen-bond donors (Lipinski definition) is 0. The first kappa shape index (κ1) is 15.1. The number of benzene rings is 1. The minimum absolute atomic E-state index is 0.354. The van der Waals surface area contributed by atoms with Gasteiger partial charge < -0.3 is 4.74 Å². The van der Waals surface area contributed by atoms with Crippen molar-refractivity contribution in [2.45, 2.75) is 26.2 Å². The molecule has 0 N–H and O–H groups in total. The molecule has 2 nitrogen and oxygen atoms in total. The van der Waals surface area contributed by atoms with E-state index in [4.69, 9.17) is 27.9 Å². The van der Waals surface area contributed by atoms with Gasteiger partial charge in [-0.05, 0) is 48.6 Å². The van der Waals surface area contributed by atoms with Crippen molar-refractivity contribution >= 4 is 23.2 Å². The summed E-state index contributed by atoms with van der Waals surface area (Å²) in [5.74, 6) is 0.923. The molecule has 1 aromatic heterocycles. The SMILES string of the molecule is CCCOc1ccc(CCc2cnc(Cl)c(Cl)c2)cc1. The lowest BCUT2D eigenvalue weighted by Gasteiger charge is -2.06. The Bertz CT molecular complexity index is 555. The van der Waals surface area contributed by atoms with Crippen LogP contribution in [0.15, 0.2) is 36.5 Å². The van der Waals surface area contributed by atoms with Gasteiger partial charge in [0.2, 0.25) is 0 Å². The minimum atomic E-state index is 0.354. The van der Waals surface area contributed by atoms with Crippen LogP contribution in [-0.2, 0) is 12.8 Å². The Morgan fingerprint density at radius 1 is 1.05 bits per heavy atom. The largest absolute Gasteiger partial charge is 0.494 e. The van der Waals surface area contributed by atoms with Gasteiger partial charge in [0.05, 0.1) is 11.6 Å². The van der Waals surface area contributed by atoms with Gasteiger partial charge in [0, 0.05) is 6.20 Å². The summed E-state index contributed by atoms with van der Waals surface area (Å²) in [6, 6.07) is 10.1. The van der Waals surface area contributed by atoms with E-state index in [9.17, 15) is 0 Å². The third kappa shape index (κ3) is 4.39. The topological polar surface area (TPSA) is 22.1 Å². The van der Waals surface area contributed by atoms with E-state index in [1.165, 1.54) is 5.56 Å². The lowest BCUT2D eigenvalue weighted by atomic mass is 10.1. The van der Waals surface area contributed by atoms with Crippen molar-refractivity contribution in [1.29, 1.82) is 0 Å². The molecule has 0 spiro atoms. The molecule has 0 aliphatic heterocycles. The Hall–Kier alpha value is -1.25. The fourth-order valence-electron chi connectivity index (χ4n) is 1.86. The van der Waals surface area contributed by atoms with E-state index in [-0.39, 0.29) is 0 Å². The van der Waals surface area contributed by atoms with Crippen LogP contribution >= 0.6 is 23.2 Å². The minimum Gasteiger partial charge on any atom is -0.494 e. The van der Waals surface area contributed by atoms with Crippen LogP contribution in [-0.4, -0.2) is 11.6 Å². The van der Waals surface area contributed by atoms with Crippen LogP contribution in [0, 0.1) is 0 Å². The van der Waals surface area contributed by atoms with Crippen molar-refractivity contribution < 1.29 is 4.74 Å². The van der Waals surface area contributed by atoms with Crippen LogP contribution < -0.4 is 4.74 Å². The molecule has 106 valence electrons. The molecule has 0 aliphatic carbocycles. The molecule has 0 amide bonds. The normalized spacial score (nSPS) is 10.6. The Kier molecular flexibility index (Phi) is 5.69. The highest BCUT2D eigenvalue weighted by Gasteiger charge is 2.02. The van der Waals surface area contributed by atoms with Gasteiger partial charge in [0.1, 0.15) is 10.9 Å². The maximum atomic E-state index is 5.95. The predicted octanol–water partition coefficient (Wildman–Crippen LogP) is 4.96. The summed E-state index contributed by atoms with van der Waals surface area (Å²) >= 11 is 11.8. The molecule has 0 aliphatic rings. The number of hydrogen-bond acceptors (Lipinski definition) is 2. The lowest BCUT2D eigenvalue weighted by molar-refractivity contribution is 0.317. The summed E-state index contributed by atoms with van der Waals surface area (Å²) in [4.78, 5) is 4.05. The molecule has 1 aromatic carbocycles. The van der Waals surface area contributed by atoms with Gasteiger partial charge in [-0.25, -0.2) is 4.98 Å². The van der Waals surface area contributed by atoms with Gasteiger partial charge in [0.15, 0.2) is 0 Å². The van der Waals surface area contributed by atoms with Crippen molar-refractivity contribution in [3.8, 4) is 5.75 Å². The van der Waals surface area contributed by atoms with Crippen molar-refractivity contribution in [1.82, 2.24) is 4.98 Å². The van der Waals surface area contributed by atoms with Gasteiger partial charge in [0.25, 0.3) is 0 Å². The van der Waals surface area contributed by atoms with Crippen LogP contribution in [0.1, 0.15) is 24.5 Å². The first-order valence-electron chi connectivity index (χ1n) is 6.70. The van der Waals surface area contributed by atoms with Crippen molar-refractivity contribution in [2.24, 2.45) is 0 Å². The number of aryl methyl sites for hydroxylation is 2. The molecule has 20 heavy (non-hydrogen) atoms. The molecular formula is C16H17Cl2NO. The van der Waals surface area contributed by atoms with Crippen molar-refractivity contribution in [2.75, 3.05) is 6.61 Å². The Morgan fingerprint density at radius 3 is 2.40 bits per heavy atom. The number of ether oxygens (including phenoxy) is 1. The van der Waals surface area contributed by atoms with Crippen LogP contribution in [0.25, 0.3) is 0 Å². The fourth-order valence-corrected chi connectivity index (χ4v) is 2.15. The second-order valence-corrected chi connectivity index (χ2v) is 5.37. The fraction of sp³-hybridized carbons (Fsp3) is 0.312. The summed E-state index contributed by atoms with van der Waals surface area (Å²) < 4.78 is 5.56. The lowest BCUT2D eigenvalue weighted by Crippen LogP contribution is -1.96. The zero-order valence-electron chi connectivity index (χ0n) is 11.4. The summed E-state index contributed by atoms with van der Waals surface area (Å²) in [5.41, 5.74) is 2.35. The van der Waals surface area contributed by atoms with Crippen LogP contribution in [0.5, 0.6) is 5.75 Å². The van der Waals surface area contributed by atoms with Crippen molar-refractivity contribution in [3.05, 3.63) is 57.8 Å². The molecule has 2 rings (SSSR count).